The molecule has 0 aliphatic carbocycles. The van der Waals surface area contributed by atoms with Crippen LogP contribution in [0.15, 0.2) is 48.1 Å². The van der Waals surface area contributed by atoms with Crippen LogP contribution in [0.4, 0.5) is 0 Å². The Morgan fingerprint density at radius 1 is 0.950 bits per heavy atom. The molecular formula is C15H8ClN3S. The maximum Gasteiger partial charge on any atom is 0.129 e. The van der Waals surface area contributed by atoms with Crippen molar-refractivity contribution in [2.24, 2.45) is 0 Å². The summed E-state index contributed by atoms with van der Waals surface area (Å²) in [5.74, 6) is 0. The third-order valence-corrected chi connectivity index (χ3v) is 4.31. The Morgan fingerprint density at radius 3 is 2.70 bits per heavy atom. The van der Waals surface area contributed by atoms with Crippen LogP contribution in [0.1, 0.15) is 0 Å². The molecule has 0 unspecified atom stereocenters. The predicted octanol–water partition coefficient (Wildman–Crippen LogP) is 4.56. The number of thiophene rings is 1. The van der Waals surface area contributed by atoms with Crippen LogP contribution < -0.4 is 0 Å². The molecule has 4 aromatic rings. The highest BCUT2D eigenvalue weighted by molar-refractivity contribution is 7.17. The van der Waals surface area contributed by atoms with Gasteiger partial charge in [0.25, 0.3) is 0 Å². The number of hydrogen-bond acceptors (Lipinski definition) is 4. The van der Waals surface area contributed by atoms with Gasteiger partial charge in [-0.3, -0.25) is 9.97 Å². The lowest BCUT2D eigenvalue weighted by molar-refractivity contribution is 1.29. The molecule has 0 atom stereocenters. The van der Waals surface area contributed by atoms with Gasteiger partial charge in [-0.05, 0) is 29.8 Å². The fraction of sp³-hybridized carbons (Fsp3) is 0. The Hall–Kier alpha value is -2.04. The first-order valence-electron chi connectivity index (χ1n) is 6.06. The second-order valence-corrected chi connectivity index (χ2v) is 5.69. The monoisotopic (exact) mass is 297 g/mol. The maximum atomic E-state index is 6.00. The molecule has 3 aromatic heterocycles. The van der Waals surface area contributed by atoms with E-state index >= 15 is 0 Å². The number of halogens is 1. The third-order valence-electron chi connectivity index (χ3n) is 3.16. The minimum absolute atomic E-state index is 0.512. The van der Waals surface area contributed by atoms with Crippen molar-refractivity contribution in [2.75, 3.05) is 0 Å². The molecule has 0 amide bonds. The van der Waals surface area contributed by atoms with Crippen LogP contribution in [0.25, 0.3) is 32.4 Å². The van der Waals surface area contributed by atoms with Crippen LogP contribution in [-0.2, 0) is 0 Å². The minimum atomic E-state index is 0.512. The zero-order valence-corrected chi connectivity index (χ0v) is 11.8. The lowest BCUT2D eigenvalue weighted by Crippen LogP contribution is -1.84. The van der Waals surface area contributed by atoms with Crippen LogP contribution in [-0.4, -0.2) is 15.0 Å². The predicted molar refractivity (Wildman–Crippen MR) is 83.2 cm³/mol. The summed E-state index contributed by atoms with van der Waals surface area (Å²) in [6, 6.07) is 9.87. The Bertz CT molecular complexity index is 933. The van der Waals surface area contributed by atoms with E-state index in [4.69, 9.17) is 11.6 Å². The van der Waals surface area contributed by atoms with Gasteiger partial charge >= 0.3 is 0 Å². The van der Waals surface area contributed by atoms with Crippen molar-refractivity contribution in [3.8, 4) is 11.1 Å². The van der Waals surface area contributed by atoms with Gasteiger partial charge in [-0.15, -0.1) is 11.3 Å². The molecule has 20 heavy (non-hydrogen) atoms. The Labute approximate surface area is 123 Å². The molecule has 0 spiro atoms. The number of fused-ring (bicyclic) bond motifs is 2. The third kappa shape index (κ3) is 1.85. The molecule has 3 heterocycles. The molecule has 0 N–H and O–H groups in total. The summed E-state index contributed by atoms with van der Waals surface area (Å²) in [7, 11) is 0. The fourth-order valence-corrected chi connectivity index (χ4v) is 3.28. The van der Waals surface area contributed by atoms with Gasteiger partial charge in [-0.1, -0.05) is 17.7 Å². The van der Waals surface area contributed by atoms with E-state index in [9.17, 15) is 0 Å². The summed E-state index contributed by atoms with van der Waals surface area (Å²) in [6.45, 7) is 0. The first-order valence-corrected chi connectivity index (χ1v) is 7.32. The van der Waals surface area contributed by atoms with E-state index in [1.54, 1.807) is 23.7 Å². The molecule has 0 aliphatic heterocycles. The highest BCUT2D eigenvalue weighted by Gasteiger charge is 2.09. The van der Waals surface area contributed by atoms with Crippen molar-refractivity contribution in [3.63, 3.8) is 0 Å². The molecule has 96 valence electrons. The summed E-state index contributed by atoms with van der Waals surface area (Å²) in [5.41, 5.74) is 4.87. The van der Waals surface area contributed by atoms with Crippen molar-refractivity contribution in [2.45, 2.75) is 0 Å². The van der Waals surface area contributed by atoms with Crippen LogP contribution in [0, 0.1) is 0 Å². The average Bonchev–Trinajstić information content (AvgIpc) is 2.89. The highest BCUT2D eigenvalue weighted by atomic mass is 35.5. The number of aromatic nitrogens is 3. The van der Waals surface area contributed by atoms with Crippen LogP contribution in [0.3, 0.4) is 0 Å². The van der Waals surface area contributed by atoms with E-state index in [0.717, 1.165) is 32.4 Å². The molecule has 0 fully saturated rings. The SMILES string of the molecule is Clc1ccc2scc(-c3ccc4nccnc4c3)c2n1. The van der Waals surface area contributed by atoms with Crippen LogP contribution >= 0.6 is 22.9 Å². The summed E-state index contributed by atoms with van der Waals surface area (Å²) < 4.78 is 1.13. The largest absolute Gasteiger partial charge is 0.253 e. The van der Waals surface area contributed by atoms with Gasteiger partial charge in [0.15, 0.2) is 0 Å². The van der Waals surface area contributed by atoms with E-state index in [-0.39, 0.29) is 0 Å². The van der Waals surface area contributed by atoms with Crippen LogP contribution in [0.2, 0.25) is 5.15 Å². The van der Waals surface area contributed by atoms with Crippen molar-refractivity contribution in [3.05, 3.63) is 53.3 Å². The first-order chi connectivity index (χ1) is 9.81. The number of nitrogens with zero attached hydrogens (tertiary/aromatic N) is 3. The van der Waals surface area contributed by atoms with E-state index in [1.165, 1.54) is 0 Å². The van der Waals surface area contributed by atoms with E-state index < -0.39 is 0 Å². The molecular weight excluding hydrogens is 290 g/mol. The Balaban J connectivity index is 1.98. The maximum absolute atomic E-state index is 6.00. The van der Waals surface area contributed by atoms with Gasteiger partial charge in [-0.2, -0.15) is 0 Å². The molecule has 0 aliphatic rings. The normalized spacial score (nSPS) is 11.2. The Morgan fingerprint density at radius 2 is 1.80 bits per heavy atom. The van der Waals surface area contributed by atoms with Gasteiger partial charge in [-0.25, -0.2) is 4.98 Å². The van der Waals surface area contributed by atoms with Crippen molar-refractivity contribution < 1.29 is 0 Å². The fourth-order valence-electron chi connectivity index (χ4n) is 2.22. The van der Waals surface area contributed by atoms with Gasteiger partial charge in [0.2, 0.25) is 0 Å². The van der Waals surface area contributed by atoms with E-state index in [1.807, 2.05) is 30.3 Å². The first kappa shape index (κ1) is 11.8. The quantitative estimate of drug-likeness (QED) is 0.483. The molecule has 0 saturated carbocycles. The van der Waals surface area contributed by atoms with Crippen LogP contribution in [0.5, 0.6) is 0 Å². The second kappa shape index (κ2) is 4.51. The zero-order valence-electron chi connectivity index (χ0n) is 10.2. The second-order valence-electron chi connectivity index (χ2n) is 4.39. The van der Waals surface area contributed by atoms with E-state index in [0.29, 0.717) is 5.15 Å². The lowest BCUT2D eigenvalue weighted by Gasteiger charge is -2.01. The van der Waals surface area contributed by atoms with Gasteiger partial charge < -0.3 is 0 Å². The number of hydrogen-bond donors (Lipinski definition) is 0. The van der Waals surface area contributed by atoms with Crippen molar-refractivity contribution in [1.82, 2.24) is 15.0 Å². The smallest absolute Gasteiger partial charge is 0.129 e. The molecule has 3 nitrogen and oxygen atoms in total. The van der Waals surface area contributed by atoms with Gasteiger partial charge in [0.1, 0.15) is 5.15 Å². The summed E-state index contributed by atoms with van der Waals surface area (Å²) in [5, 5.41) is 2.61. The lowest BCUT2D eigenvalue weighted by atomic mass is 10.1. The number of rotatable bonds is 1. The average molecular weight is 298 g/mol. The molecule has 0 saturated heterocycles. The van der Waals surface area contributed by atoms with E-state index in [2.05, 4.69) is 20.3 Å². The summed E-state index contributed by atoms with van der Waals surface area (Å²) in [6.07, 6.45) is 3.40. The number of pyridine rings is 1. The highest BCUT2D eigenvalue weighted by Crippen LogP contribution is 2.34. The minimum Gasteiger partial charge on any atom is -0.253 e. The molecule has 0 radical (unpaired) electrons. The molecule has 1 aromatic carbocycles. The Kier molecular flexibility index (Phi) is 2.65. The molecule has 5 heteroatoms. The summed E-state index contributed by atoms with van der Waals surface area (Å²) >= 11 is 7.67. The topological polar surface area (TPSA) is 38.7 Å². The standard InChI is InChI=1S/C15H8ClN3S/c16-14-4-3-13-15(19-14)10(8-20-13)9-1-2-11-12(7-9)18-6-5-17-11/h1-8H. The number of benzene rings is 1. The summed E-state index contributed by atoms with van der Waals surface area (Å²) in [4.78, 5) is 13.1. The molecule has 0 bridgehead atoms. The molecule has 4 rings (SSSR count). The van der Waals surface area contributed by atoms with Gasteiger partial charge in [0, 0.05) is 23.3 Å². The van der Waals surface area contributed by atoms with Crippen molar-refractivity contribution in [1.29, 1.82) is 0 Å². The van der Waals surface area contributed by atoms with Crippen molar-refractivity contribution >= 4 is 44.2 Å². The zero-order chi connectivity index (χ0) is 13.5. The van der Waals surface area contributed by atoms with Gasteiger partial charge in [0.05, 0.1) is 21.3 Å².